The van der Waals surface area contributed by atoms with Crippen molar-refractivity contribution in [2.75, 3.05) is 19.6 Å². The molecule has 0 aromatic rings. The first-order valence-electron chi connectivity index (χ1n) is 5.38. The van der Waals surface area contributed by atoms with Gasteiger partial charge < -0.3 is 16.4 Å². The molecule has 0 aromatic carbocycles. The van der Waals surface area contributed by atoms with Gasteiger partial charge in [-0.1, -0.05) is 6.92 Å². The molecule has 1 fully saturated rings. The first kappa shape index (κ1) is 12.0. The standard InChI is InChI=1S/C10H19N3O2/c1-7-5-12-6-8(7)10(15)13-4-2-3-9(11)14/h7-8,12H,2-6H2,1H3,(H2,11,14)(H,13,15). The van der Waals surface area contributed by atoms with Crippen LogP contribution in [-0.2, 0) is 9.59 Å². The van der Waals surface area contributed by atoms with Crippen molar-refractivity contribution < 1.29 is 9.59 Å². The van der Waals surface area contributed by atoms with Crippen molar-refractivity contribution in [1.82, 2.24) is 10.6 Å². The van der Waals surface area contributed by atoms with Gasteiger partial charge in [0.2, 0.25) is 11.8 Å². The monoisotopic (exact) mass is 213 g/mol. The fourth-order valence-electron chi connectivity index (χ4n) is 1.77. The second-order valence-electron chi connectivity index (χ2n) is 4.10. The molecule has 2 amide bonds. The van der Waals surface area contributed by atoms with Crippen LogP contribution in [0.25, 0.3) is 0 Å². The van der Waals surface area contributed by atoms with E-state index in [0.29, 0.717) is 25.3 Å². The predicted molar refractivity (Wildman–Crippen MR) is 57.0 cm³/mol. The van der Waals surface area contributed by atoms with Gasteiger partial charge >= 0.3 is 0 Å². The van der Waals surface area contributed by atoms with Crippen molar-refractivity contribution in [3.8, 4) is 0 Å². The molecule has 2 unspecified atom stereocenters. The Kier molecular flexibility index (Phi) is 4.55. The second-order valence-corrected chi connectivity index (χ2v) is 4.10. The van der Waals surface area contributed by atoms with Crippen molar-refractivity contribution in [3.63, 3.8) is 0 Å². The highest BCUT2D eigenvalue weighted by atomic mass is 16.2. The Morgan fingerprint density at radius 2 is 2.20 bits per heavy atom. The normalized spacial score (nSPS) is 25.1. The van der Waals surface area contributed by atoms with E-state index >= 15 is 0 Å². The van der Waals surface area contributed by atoms with E-state index in [2.05, 4.69) is 17.6 Å². The number of amides is 2. The van der Waals surface area contributed by atoms with Gasteiger partial charge in [-0.3, -0.25) is 9.59 Å². The van der Waals surface area contributed by atoms with Crippen LogP contribution in [0.2, 0.25) is 0 Å². The highest BCUT2D eigenvalue weighted by Gasteiger charge is 2.28. The van der Waals surface area contributed by atoms with Crippen molar-refractivity contribution >= 4 is 11.8 Å². The number of hydrogen-bond acceptors (Lipinski definition) is 3. The minimum atomic E-state index is -0.319. The average molecular weight is 213 g/mol. The summed E-state index contributed by atoms with van der Waals surface area (Å²) < 4.78 is 0. The summed E-state index contributed by atoms with van der Waals surface area (Å²) in [7, 11) is 0. The SMILES string of the molecule is CC1CNCC1C(=O)NCCCC(N)=O. The largest absolute Gasteiger partial charge is 0.370 e. The molecule has 0 saturated carbocycles. The van der Waals surface area contributed by atoms with Crippen LogP contribution in [0.4, 0.5) is 0 Å². The Morgan fingerprint density at radius 3 is 2.73 bits per heavy atom. The van der Waals surface area contributed by atoms with Gasteiger partial charge in [0, 0.05) is 19.5 Å². The summed E-state index contributed by atoms with van der Waals surface area (Å²) in [5.74, 6) is 0.219. The van der Waals surface area contributed by atoms with Crippen LogP contribution in [-0.4, -0.2) is 31.4 Å². The van der Waals surface area contributed by atoms with Gasteiger partial charge in [0.25, 0.3) is 0 Å². The molecule has 86 valence electrons. The highest BCUT2D eigenvalue weighted by Crippen LogP contribution is 2.15. The number of rotatable bonds is 5. The molecule has 0 bridgehead atoms. The van der Waals surface area contributed by atoms with Crippen LogP contribution in [0, 0.1) is 11.8 Å². The number of nitrogens with two attached hydrogens (primary N) is 1. The molecule has 1 aliphatic heterocycles. The number of nitrogens with one attached hydrogen (secondary N) is 2. The maximum absolute atomic E-state index is 11.6. The van der Waals surface area contributed by atoms with E-state index in [4.69, 9.17) is 5.73 Å². The third-order valence-corrected chi connectivity index (χ3v) is 2.75. The molecule has 0 aromatic heterocycles. The zero-order chi connectivity index (χ0) is 11.3. The van der Waals surface area contributed by atoms with Crippen LogP contribution in [0.15, 0.2) is 0 Å². The molecule has 1 saturated heterocycles. The Bertz CT molecular complexity index is 243. The van der Waals surface area contributed by atoms with Crippen molar-refractivity contribution in [2.45, 2.75) is 19.8 Å². The summed E-state index contributed by atoms with van der Waals surface area (Å²) >= 11 is 0. The van der Waals surface area contributed by atoms with E-state index in [9.17, 15) is 9.59 Å². The fraction of sp³-hybridized carbons (Fsp3) is 0.800. The molecule has 5 nitrogen and oxygen atoms in total. The van der Waals surface area contributed by atoms with Gasteiger partial charge in [-0.25, -0.2) is 0 Å². The average Bonchev–Trinajstić information content (AvgIpc) is 2.58. The van der Waals surface area contributed by atoms with E-state index in [1.165, 1.54) is 0 Å². The minimum Gasteiger partial charge on any atom is -0.370 e. The van der Waals surface area contributed by atoms with Gasteiger partial charge in [-0.2, -0.15) is 0 Å². The molecule has 2 atom stereocenters. The first-order valence-corrected chi connectivity index (χ1v) is 5.38. The Hall–Kier alpha value is -1.10. The van der Waals surface area contributed by atoms with E-state index < -0.39 is 0 Å². The van der Waals surface area contributed by atoms with Crippen molar-refractivity contribution in [2.24, 2.45) is 17.6 Å². The lowest BCUT2D eigenvalue weighted by atomic mass is 9.97. The summed E-state index contributed by atoms with van der Waals surface area (Å²) in [6.45, 7) is 4.25. The van der Waals surface area contributed by atoms with Gasteiger partial charge in [0.1, 0.15) is 0 Å². The van der Waals surface area contributed by atoms with Gasteiger partial charge in [0.05, 0.1) is 5.92 Å². The minimum absolute atomic E-state index is 0.0681. The Balaban J connectivity index is 2.15. The molecule has 0 spiro atoms. The quantitative estimate of drug-likeness (QED) is 0.524. The predicted octanol–water partition coefficient (Wildman–Crippen LogP) is -0.776. The molecule has 0 radical (unpaired) electrons. The number of primary amides is 1. The molecular weight excluding hydrogens is 194 g/mol. The highest BCUT2D eigenvalue weighted by molar-refractivity contribution is 5.79. The molecule has 1 rings (SSSR count). The van der Waals surface area contributed by atoms with Crippen LogP contribution >= 0.6 is 0 Å². The van der Waals surface area contributed by atoms with E-state index in [1.54, 1.807) is 0 Å². The van der Waals surface area contributed by atoms with Crippen LogP contribution in [0.1, 0.15) is 19.8 Å². The maximum atomic E-state index is 11.6. The lowest BCUT2D eigenvalue weighted by molar-refractivity contribution is -0.125. The summed E-state index contributed by atoms with van der Waals surface area (Å²) in [5, 5.41) is 6.00. The molecule has 4 N–H and O–H groups in total. The Labute approximate surface area is 89.8 Å². The second kappa shape index (κ2) is 5.70. The van der Waals surface area contributed by atoms with Crippen molar-refractivity contribution in [1.29, 1.82) is 0 Å². The van der Waals surface area contributed by atoms with Gasteiger partial charge in [-0.15, -0.1) is 0 Å². The Morgan fingerprint density at radius 1 is 1.47 bits per heavy atom. The fourth-order valence-corrected chi connectivity index (χ4v) is 1.77. The number of carbonyl (C=O) groups excluding carboxylic acids is 2. The third-order valence-electron chi connectivity index (χ3n) is 2.75. The maximum Gasteiger partial charge on any atom is 0.224 e. The molecule has 5 heteroatoms. The van der Waals surface area contributed by atoms with Crippen LogP contribution in [0.3, 0.4) is 0 Å². The molecule has 1 aliphatic rings. The number of hydrogen-bond donors (Lipinski definition) is 3. The third kappa shape index (κ3) is 3.87. The number of carbonyl (C=O) groups is 2. The van der Waals surface area contributed by atoms with E-state index in [0.717, 1.165) is 13.1 Å². The molecule has 1 heterocycles. The van der Waals surface area contributed by atoms with Crippen molar-refractivity contribution in [3.05, 3.63) is 0 Å². The van der Waals surface area contributed by atoms with Gasteiger partial charge in [0.15, 0.2) is 0 Å². The van der Waals surface area contributed by atoms with Crippen LogP contribution < -0.4 is 16.4 Å². The molecule has 15 heavy (non-hydrogen) atoms. The van der Waals surface area contributed by atoms with E-state index in [-0.39, 0.29) is 17.7 Å². The summed E-state index contributed by atoms with van der Waals surface area (Å²) in [6, 6.07) is 0. The smallest absolute Gasteiger partial charge is 0.224 e. The zero-order valence-electron chi connectivity index (χ0n) is 9.08. The molecule has 0 aliphatic carbocycles. The lowest BCUT2D eigenvalue weighted by Gasteiger charge is -2.13. The summed E-state index contributed by atoms with van der Waals surface area (Å²) in [5.41, 5.74) is 4.99. The van der Waals surface area contributed by atoms with Gasteiger partial charge in [-0.05, 0) is 18.9 Å². The van der Waals surface area contributed by atoms with Crippen LogP contribution in [0.5, 0.6) is 0 Å². The first-order chi connectivity index (χ1) is 7.11. The lowest BCUT2D eigenvalue weighted by Crippen LogP contribution is -2.35. The van der Waals surface area contributed by atoms with E-state index in [1.807, 2.05) is 0 Å². The summed E-state index contributed by atoms with van der Waals surface area (Å²) in [4.78, 5) is 22.1. The zero-order valence-corrected chi connectivity index (χ0v) is 9.08. The topological polar surface area (TPSA) is 84.2 Å². The molecular formula is C10H19N3O2. The summed E-state index contributed by atoms with van der Waals surface area (Å²) in [6.07, 6.45) is 0.953.